The SMILES string of the molecule is COc1ccc(C(=O)Nc2ccccc2C(=O)N[C@@H](C(=O)NNC(=O)c2ccc(Cl)cc2Cl)C(C)C)cc1. The molecule has 0 bridgehead atoms. The second-order valence-corrected chi connectivity index (χ2v) is 9.33. The fraction of sp³-hybridized carbons (Fsp3) is 0.185. The van der Waals surface area contributed by atoms with Crippen molar-refractivity contribution in [2.75, 3.05) is 12.4 Å². The number of carbonyl (C=O) groups is 4. The summed E-state index contributed by atoms with van der Waals surface area (Å²) in [5, 5.41) is 5.87. The number of ether oxygens (including phenoxy) is 1. The van der Waals surface area contributed by atoms with Gasteiger partial charge in [-0.3, -0.25) is 30.0 Å². The molecule has 0 aliphatic carbocycles. The van der Waals surface area contributed by atoms with Crippen molar-refractivity contribution in [2.24, 2.45) is 5.92 Å². The van der Waals surface area contributed by atoms with Crippen LogP contribution in [0.25, 0.3) is 0 Å². The molecular formula is C27H26Cl2N4O5. The fourth-order valence-electron chi connectivity index (χ4n) is 3.42. The minimum Gasteiger partial charge on any atom is -0.497 e. The number of nitrogens with one attached hydrogen (secondary N) is 4. The summed E-state index contributed by atoms with van der Waals surface area (Å²) in [5.74, 6) is -2.04. The molecule has 0 spiro atoms. The molecule has 3 rings (SSSR count). The maximum atomic E-state index is 13.1. The zero-order valence-corrected chi connectivity index (χ0v) is 22.3. The van der Waals surface area contributed by atoms with Gasteiger partial charge in [-0.2, -0.15) is 0 Å². The Labute approximate surface area is 229 Å². The van der Waals surface area contributed by atoms with E-state index in [0.29, 0.717) is 16.3 Å². The van der Waals surface area contributed by atoms with Crippen molar-refractivity contribution >= 4 is 52.5 Å². The predicted octanol–water partition coefficient (Wildman–Crippen LogP) is 4.47. The van der Waals surface area contributed by atoms with E-state index in [4.69, 9.17) is 27.9 Å². The van der Waals surface area contributed by atoms with Crippen molar-refractivity contribution in [2.45, 2.75) is 19.9 Å². The van der Waals surface area contributed by atoms with Crippen LogP contribution < -0.4 is 26.2 Å². The molecule has 0 heterocycles. The van der Waals surface area contributed by atoms with Gasteiger partial charge in [0.05, 0.1) is 28.9 Å². The molecular weight excluding hydrogens is 531 g/mol. The van der Waals surface area contributed by atoms with Crippen LogP contribution in [0.2, 0.25) is 10.0 Å². The highest BCUT2D eigenvalue weighted by atomic mass is 35.5. The summed E-state index contributed by atoms with van der Waals surface area (Å²) >= 11 is 11.9. The molecule has 0 aromatic heterocycles. The maximum Gasteiger partial charge on any atom is 0.271 e. The van der Waals surface area contributed by atoms with E-state index in [1.807, 2.05) is 0 Å². The molecule has 0 radical (unpaired) electrons. The fourth-order valence-corrected chi connectivity index (χ4v) is 3.91. The van der Waals surface area contributed by atoms with Crippen molar-refractivity contribution < 1.29 is 23.9 Å². The van der Waals surface area contributed by atoms with Crippen LogP contribution in [0, 0.1) is 5.92 Å². The zero-order valence-electron chi connectivity index (χ0n) is 20.8. The molecule has 3 aromatic carbocycles. The van der Waals surface area contributed by atoms with E-state index in [0.717, 1.165) is 0 Å². The lowest BCUT2D eigenvalue weighted by molar-refractivity contribution is -0.124. The Morgan fingerprint density at radius 1 is 0.789 bits per heavy atom. The number of amides is 4. The molecule has 1 atom stereocenters. The van der Waals surface area contributed by atoms with Crippen molar-refractivity contribution in [3.05, 3.63) is 93.5 Å². The topological polar surface area (TPSA) is 126 Å². The van der Waals surface area contributed by atoms with E-state index >= 15 is 0 Å². The lowest BCUT2D eigenvalue weighted by Gasteiger charge is -2.22. The largest absolute Gasteiger partial charge is 0.497 e. The van der Waals surface area contributed by atoms with E-state index in [1.54, 1.807) is 56.3 Å². The molecule has 0 saturated carbocycles. The molecule has 9 nitrogen and oxygen atoms in total. The number of hydrogen-bond donors (Lipinski definition) is 4. The second kappa shape index (κ2) is 12.9. The summed E-state index contributed by atoms with van der Waals surface area (Å²) in [5.41, 5.74) is 5.51. The van der Waals surface area contributed by atoms with Crippen LogP contribution in [-0.4, -0.2) is 36.8 Å². The summed E-state index contributed by atoms with van der Waals surface area (Å²) in [6, 6.07) is 16.2. The van der Waals surface area contributed by atoms with Crippen LogP contribution in [0.4, 0.5) is 5.69 Å². The highest BCUT2D eigenvalue weighted by Crippen LogP contribution is 2.21. The third-order valence-corrected chi connectivity index (χ3v) is 6.03. The van der Waals surface area contributed by atoms with E-state index in [2.05, 4.69) is 21.5 Å². The van der Waals surface area contributed by atoms with Gasteiger partial charge in [-0.15, -0.1) is 0 Å². The molecule has 0 saturated heterocycles. The Kier molecular flexibility index (Phi) is 9.70. The quantitative estimate of drug-likeness (QED) is 0.304. The number of hydrogen-bond acceptors (Lipinski definition) is 5. The molecule has 3 aromatic rings. The monoisotopic (exact) mass is 556 g/mol. The normalized spacial score (nSPS) is 11.3. The van der Waals surface area contributed by atoms with Gasteiger partial charge >= 0.3 is 0 Å². The van der Waals surface area contributed by atoms with Crippen LogP contribution in [0.5, 0.6) is 5.75 Å². The van der Waals surface area contributed by atoms with Crippen LogP contribution >= 0.6 is 23.2 Å². The number of methoxy groups -OCH3 is 1. The first-order valence-electron chi connectivity index (χ1n) is 11.5. The Hall–Kier alpha value is -4.08. The van der Waals surface area contributed by atoms with Gasteiger partial charge in [0.25, 0.3) is 23.6 Å². The highest BCUT2D eigenvalue weighted by Gasteiger charge is 2.26. The van der Waals surface area contributed by atoms with Gasteiger partial charge in [0.15, 0.2) is 0 Å². The van der Waals surface area contributed by atoms with Crippen LogP contribution in [0.3, 0.4) is 0 Å². The number of benzene rings is 3. The van der Waals surface area contributed by atoms with Gasteiger partial charge in [0.2, 0.25) is 0 Å². The number of para-hydroxylation sites is 1. The smallest absolute Gasteiger partial charge is 0.271 e. The third kappa shape index (κ3) is 7.24. The summed E-state index contributed by atoms with van der Waals surface area (Å²) in [6.07, 6.45) is 0. The Morgan fingerprint density at radius 3 is 2.11 bits per heavy atom. The standard InChI is InChI=1S/C27H26Cl2N4O5/c1-15(2)23(27(37)33-32-26(36)19-13-10-17(28)14-21(19)29)31-25(35)20-6-4-5-7-22(20)30-24(34)16-8-11-18(38-3)12-9-16/h4-15,23H,1-3H3,(H,30,34)(H,31,35)(H,32,36)(H,33,37)/t23-/m1/s1. The first kappa shape index (κ1) is 28.5. The van der Waals surface area contributed by atoms with E-state index in [9.17, 15) is 19.2 Å². The Balaban J connectivity index is 1.68. The number of hydrazine groups is 1. The van der Waals surface area contributed by atoms with E-state index < -0.39 is 29.7 Å². The molecule has 0 aliphatic heterocycles. The first-order valence-corrected chi connectivity index (χ1v) is 12.3. The van der Waals surface area contributed by atoms with E-state index in [-0.39, 0.29) is 27.8 Å². The zero-order chi connectivity index (χ0) is 27.8. The maximum absolute atomic E-state index is 13.1. The van der Waals surface area contributed by atoms with Crippen molar-refractivity contribution in [1.29, 1.82) is 0 Å². The first-order chi connectivity index (χ1) is 18.1. The molecule has 0 aliphatic rings. The average Bonchev–Trinajstić information content (AvgIpc) is 2.90. The summed E-state index contributed by atoms with van der Waals surface area (Å²) in [4.78, 5) is 51.2. The average molecular weight is 557 g/mol. The van der Waals surface area contributed by atoms with Crippen LogP contribution in [0.15, 0.2) is 66.7 Å². The van der Waals surface area contributed by atoms with Gasteiger partial charge in [0, 0.05) is 10.6 Å². The molecule has 11 heteroatoms. The van der Waals surface area contributed by atoms with Crippen molar-refractivity contribution in [3.8, 4) is 5.75 Å². The van der Waals surface area contributed by atoms with E-state index in [1.165, 1.54) is 31.4 Å². The number of anilines is 1. The lowest BCUT2D eigenvalue weighted by atomic mass is 10.0. The number of carbonyl (C=O) groups excluding carboxylic acids is 4. The second-order valence-electron chi connectivity index (χ2n) is 8.49. The summed E-state index contributed by atoms with van der Waals surface area (Å²) in [6.45, 7) is 3.47. The van der Waals surface area contributed by atoms with Gasteiger partial charge in [0.1, 0.15) is 11.8 Å². The molecule has 0 fully saturated rings. The van der Waals surface area contributed by atoms with Crippen LogP contribution in [-0.2, 0) is 4.79 Å². The molecule has 198 valence electrons. The Bertz CT molecular complexity index is 1350. The van der Waals surface area contributed by atoms with Crippen LogP contribution in [0.1, 0.15) is 44.9 Å². The minimum atomic E-state index is -1.01. The molecule has 4 amide bonds. The minimum absolute atomic E-state index is 0.114. The van der Waals surface area contributed by atoms with Gasteiger partial charge in [-0.05, 0) is 60.5 Å². The lowest BCUT2D eigenvalue weighted by Crippen LogP contribution is -2.54. The highest BCUT2D eigenvalue weighted by molar-refractivity contribution is 6.36. The number of halogens is 2. The summed E-state index contributed by atoms with van der Waals surface area (Å²) < 4.78 is 5.10. The molecule has 38 heavy (non-hydrogen) atoms. The summed E-state index contributed by atoms with van der Waals surface area (Å²) in [7, 11) is 1.53. The third-order valence-electron chi connectivity index (χ3n) is 5.48. The van der Waals surface area contributed by atoms with Gasteiger partial charge in [-0.25, -0.2) is 0 Å². The Morgan fingerprint density at radius 2 is 1.47 bits per heavy atom. The number of rotatable bonds is 8. The van der Waals surface area contributed by atoms with Gasteiger partial charge in [-0.1, -0.05) is 49.2 Å². The van der Waals surface area contributed by atoms with Gasteiger partial charge < -0.3 is 15.4 Å². The molecule has 4 N–H and O–H groups in total. The van der Waals surface area contributed by atoms with Crippen molar-refractivity contribution in [1.82, 2.24) is 16.2 Å². The van der Waals surface area contributed by atoms with Crippen molar-refractivity contribution in [3.63, 3.8) is 0 Å². The predicted molar refractivity (Wildman–Crippen MR) is 146 cm³/mol. The molecule has 0 unspecified atom stereocenters.